The third-order valence-electron chi connectivity index (χ3n) is 6.26. The Morgan fingerprint density at radius 2 is 1.81 bits per heavy atom. The molecule has 14 heteroatoms. The van der Waals surface area contributed by atoms with Gasteiger partial charge in [0.15, 0.2) is 11.2 Å². The number of alkyl halides is 3. The van der Waals surface area contributed by atoms with Gasteiger partial charge < -0.3 is 4.98 Å². The minimum absolute atomic E-state index is 0.0268. The molecule has 0 radical (unpaired) electrons. The number of nitrogens with zero attached hydrogens (tertiary/aromatic N) is 5. The number of hydrogen-bond donors (Lipinski definition) is 1. The first-order chi connectivity index (χ1) is 17.5. The van der Waals surface area contributed by atoms with Crippen molar-refractivity contribution in [2.45, 2.75) is 36.4 Å². The van der Waals surface area contributed by atoms with Crippen LogP contribution in [0.4, 0.5) is 13.2 Å². The Kier molecular flexibility index (Phi) is 6.54. The maximum absolute atomic E-state index is 13.4. The van der Waals surface area contributed by atoms with Crippen LogP contribution < -0.4 is 5.56 Å². The Bertz CT molecular complexity index is 1630. The van der Waals surface area contributed by atoms with Crippen LogP contribution in [0.25, 0.3) is 11.2 Å². The second kappa shape index (κ2) is 9.54. The van der Waals surface area contributed by atoms with Crippen LogP contribution in [-0.4, -0.2) is 50.8 Å². The number of nitrogens with one attached hydrogen (secondary N) is 1. The molecular formula is C23H20ClF3N6O3S. The summed E-state index contributed by atoms with van der Waals surface area (Å²) in [6.07, 6.45) is -4.28. The highest BCUT2D eigenvalue weighted by atomic mass is 35.5. The predicted octanol–water partition coefficient (Wildman–Crippen LogP) is 3.80. The lowest BCUT2D eigenvalue weighted by Crippen LogP contribution is -2.39. The molecule has 0 spiro atoms. The van der Waals surface area contributed by atoms with Gasteiger partial charge in [-0.3, -0.25) is 4.79 Å². The monoisotopic (exact) mass is 552 g/mol. The normalized spacial score (nSPS) is 15.9. The smallest absolute Gasteiger partial charge is 0.308 e. The van der Waals surface area contributed by atoms with Crippen molar-refractivity contribution < 1.29 is 21.6 Å². The van der Waals surface area contributed by atoms with E-state index < -0.39 is 32.2 Å². The van der Waals surface area contributed by atoms with Crippen molar-refractivity contribution in [3.8, 4) is 0 Å². The first kappa shape index (κ1) is 25.4. The van der Waals surface area contributed by atoms with E-state index in [-0.39, 0.29) is 49.6 Å². The molecule has 0 bridgehead atoms. The zero-order valence-corrected chi connectivity index (χ0v) is 20.7. The Hall–Kier alpha value is -3.29. The highest BCUT2D eigenvalue weighted by molar-refractivity contribution is 7.89. The summed E-state index contributed by atoms with van der Waals surface area (Å²) in [4.78, 5) is 19.1. The van der Waals surface area contributed by atoms with Crippen molar-refractivity contribution in [2.24, 2.45) is 0 Å². The molecule has 194 valence electrons. The zero-order valence-electron chi connectivity index (χ0n) is 19.1. The standard InChI is InChI=1S/C23H20ClF3N6O3S/c24-16-5-3-4-14(12-16)13-33-21-19(30-31-33)22(34)29-20(28-21)15-8-10-32(11-9-15)37(35,36)18-7-2-1-6-17(18)23(25,26)27/h1-7,12,15H,8-11,13H2,(H,28,29,34). The van der Waals surface area contributed by atoms with E-state index in [1.54, 1.807) is 18.2 Å². The number of hydrogen-bond acceptors (Lipinski definition) is 6. The molecule has 1 saturated heterocycles. The van der Waals surface area contributed by atoms with Crippen LogP contribution in [0, 0.1) is 0 Å². The molecule has 0 atom stereocenters. The van der Waals surface area contributed by atoms with Gasteiger partial charge >= 0.3 is 6.18 Å². The summed E-state index contributed by atoms with van der Waals surface area (Å²) in [6, 6.07) is 11.3. The maximum Gasteiger partial charge on any atom is 0.417 e. The molecule has 0 amide bonds. The highest BCUT2D eigenvalue weighted by Crippen LogP contribution is 2.36. The van der Waals surface area contributed by atoms with E-state index in [0.717, 1.165) is 28.1 Å². The number of benzene rings is 2. The Balaban J connectivity index is 1.38. The number of H-pyrrole nitrogens is 1. The first-order valence-corrected chi connectivity index (χ1v) is 13.1. The van der Waals surface area contributed by atoms with Gasteiger partial charge in [-0.2, -0.15) is 17.5 Å². The number of piperidine rings is 1. The average Bonchev–Trinajstić information content (AvgIpc) is 3.27. The summed E-state index contributed by atoms with van der Waals surface area (Å²) in [5.74, 6) is 0.0378. The first-order valence-electron chi connectivity index (χ1n) is 11.3. The van der Waals surface area contributed by atoms with Crippen molar-refractivity contribution in [1.29, 1.82) is 0 Å². The van der Waals surface area contributed by atoms with Crippen LogP contribution in [0.1, 0.15) is 35.7 Å². The van der Waals surface area contributed by atoms with E-state index >= 15 is 0 Å². The third kappa shape index (κ3) is 4.98. The fourth-order valence-corrected chi connectivity index (χ4v) is 6.32. The molecule has 37 heavy (non-hydrogen) atoms. The molecule has 1 N–H and O–H groups in total. The van der Waals surface area contributed by atoms with Gasteiger partial charge in [0.1, 0.15) is 5.82 Å². The minimum Gasteiger partial charge on any atom is -0.308 e. The predicted molar refractivity (Wildman–Crippen MR) is 129 cm³/mol. The van der Waals surface area contributed by atoms with Gasteiger partial charge in [-0.25, -0.2) is 18.1 Å². The van der Waals surface area contributed by atoms with Gasteiger partial charge in [-0.1, -0.05) is 41.1 Å². The number of sulfonamides is 1. The SMILES string of the molecule is O=c1[nH]c(C2CCN(S(=O)(=O)c3ccccc3C(F)(F)F)CC2)nc2c1nnn2Cc1cccc(Cl)c1. The molecule has 0 aliphatic carbocycles. The van der Waals surface area contributed by atoms with Crippen LogP contribution in [0.3, 0.4) is 0 Å². The van der Waals surface area contributed by atoms with Gasteiger partial charge in [0.25, 0.3) is 5.56 Å². The van der Waals surface area contributed by atoms with Crippen LogP contribution >= 0.6 is 11.6 Å². The lowest BCUT2D eigenvalue weighted by atomic mass is 9.97. The van der Waals surface area contributed by atoms with E-state index in [2.05, 4.69) is 20.3 Å². The molecule has 2 aromatic heterocycles. The fraction of sp³-hybridized carbons (Fsp3) is 0.304. The molecule has 0 saturated carbocycles. The topological polar surface area (TPSA) is 114 Å². The third-order valence-corrected chi connectivity index (χ3v) is 8.46. The van der Waals surface area contributed by atoms with Gasteiger partial charge in [-0.05, 0) is 42.7 Å². The number of aromatic amines is 1. The van der Waals surface area contributed by atoms with Crippen LogP contribution in [0.5, 0.6) is 0 Å². The summed E-state index contributed by atoms with van der Waals surface area (Å²) < 4.78 is 68.9. The van der Waals surface area contributed by atoms with Gasteiger partial charge in [0.2, 0.25) is 10.0 Å². The van der Waals surface area contributed by atoms with Crippen molar-refractivity contribution in [3.63, 3.8) is 0 Å². The summed E-state index contributed by atoms with van der Waals surface area (Å²) in [5, 5.41) is 8.51. The van der Waals surface area contributed by atoms with Crippen molar-refractivity contribution in [3.05, 3.63) is 80.9 Å². The average molecular weight is 553 g/mol. The van der Waals surface area contributed by atoms with E-state index in [9.17, 15) is 26.4 Å². The van der Waals surface area contributed by atoms with Crippen molar-refractivity contribution in [2.75, 3.05) is 13.1 Å². The highest BCUT2D eigenvalue weighted by Gasteiger charge is 2.40. The van der Waals surface area contributed by atoms with E-state index in [0.29, 0.717) is 10.8 Å². The molecule has 2 aromatic carbocycles. The zero-order chi connectivity index (χ0) is 26.4. The molecule has 1 fully saturated rings. The molecule has 1 aliphatic rings. The second-order valence-corrected chi connectivity index (χ2v) is 11.0. The molecule has 4 aromatic rings. The Morgan fingerprint density at radius 3 is 2.51 bits per heavy atom. The second-order valence-electron chi connectivity index (χ2n) is 8.67. The van der Waals surface area contributed by atoms with E-state index in [1.165, 1.54) is 10.7 Å². The summed E-state index contributed by atoms with van der Waals surface area (Å²) >= 11 is 6.05. The molecule has 0 unspecified atom stereocenters. The molecule has 9 nitrogen and oxygen atoms in total. The summed E-state index contributed by atoms with van der Waals surface area (Å²) in [6.45, 7) is 0.226. The quantitative estimate of drug-likeness (QED) is 0.403. The number of aromatic nitrogens is 5. The van der Waals surface area contributed by atoms with Crippen LogP contribution in [0.15, 0.2) is 58.2 Å². The lowest BCUT2D eigenvalue weighted by molar-refractivity contribution is -0.139. The molecule has 5 rings (SSSR count). The number of rotatable bonds is 5. The lowest BCUT2D eigenvalue weighted by Gasteiger charge is -2.31. The fourth-order valence-electron chi connectivity index (χ4n) is 4.43. The Labute approximate surface area is 213 Å². The van der Waals surface area contributed by atoms with Gasteiger partial charge in [-0.15, -0.1) is 5.10 Å². The van der Waals surface area contributed by atoms with Gasteiger partial charge in [0.05, 0.1) is 17.0 Å². The summed E-state index contributed by atoms with van der Waals surface area (Å²) in [7, 11) is -4.37. The summed E-state index contributed by atoms with van der Waals surface area (Å²) in [5.41, 5.74) is -0.511. The van der Waals surface area contributed by atoms with Crippen LogP contribution in [-0.2, 0) is 22.7 Å². The van der Waals surface area contributed by atoms with Gasteiger partial charge in [0, 0.05) is 24.0 Å². The Morgan fingerprint density at radius 1 is 1.08 bits per heavy atom. The minimum atomic E-state index is -4.80. The van der Waals surface area contributed by atoms with Crippen LogP contribution in [0.2, 0.25) is 5.02 Å². The number of fused-ring (bicyclic) bond motifs is 1. The molecule has 1 aliphatic heterocycles. The molecular weight excluding hydrogens is 533 g/mol. The molecule has 3 heterocycles. The van der Waals surface area contributed by atoms with E-state index in [4.69, 9.17) is 11.6 Å². The van der Waals surface area contributed by atoms with E-state index in [1.807, 2.05) is 6.07 Å². The van der Waals surface area contributed by atoms with Crippen molar-refractivity contribution >= 4 is 32.8 Å². The number of halogens is 4. The maximum atomic E-state index is 13.4. The largest absolute Gasteiger partial charge is 0.417 e. The van der Waals surface area contributed by atoms with Crippen molar-refractivity contribution in [1.82, 2.24) is 29.3 Å².